The fourth-order valence-corrected chi connectivity index (χ4v) is 3.79. The monoisotopic (exact) mass is 291 g/mol. The lowest BCUT2D eigenvalue weighted by molar-refractivity contribution is 0.0401. The lowest BCUT2D eigenvalue weighted by Gasteiger charge is -2.15. The maximum Gasteiger partial charge on any atom is 0.0737 e. The SMILES string of the molecule is CNCc1sc2ccccc2c1COC(C)CC(C)C. The standard InChI is InChI=1S/C17H25NOS/c1-12(2)9-13(3)19-11-15-14-7-5-6-8-16(14)20-17(15)10-18-4/h5-8,12-13,18H,9-11H2,1-4H3. The van der Waals surface area contributed by atoms with Crippen molar-refractivity contribution in [1.29, 1.82) is 0 Å². The number of benzene rings is 1. The molecule has 1 heterocycles. The van der Waals surface area contributed by atoms with Crippen molar-refractivity contribution in [2.45, 2.75) is 46.4 Å². The zero-order chi connectivity index (χ0) is 14.5. The van der Waals surface area contributed by atoms with Crippen LogP contribution in [0.25, 0.3) is 10.1 Å². The van der Waals surface area contributed by atoms with Crippen LogP contribution in [-0.4, -0.2) is 13.2 Å². The van der Waals surface area contributed by atoms with Gasteiger partial charge in [-0.15, -0.1) is 11.3 Å². The molecular formula is C17H25NOS. The molecule has 1 aromatic heterocycles. The number of hydrogen-bond donors (Lipinski definition) is 1. The third kappa shape index (κ3) is 3.81. The predicted molar refractivity (Wildman–Crippen MR) is 88.3 cm³/mol. The third-order valence-corrected chi connectivity index (χ3v) is 4.65. The smallest absolute Gasteiger partial charge is 0.0737 e. The van der Waals surface area contributed by atoms with E-state index in [0.29, 0.717) is 12.0 Å². The van der Waals surface area contributed by atoms with Crippen LogP contribution < -0.4 is 5.32 Å². The van der Waals surface area contributed by atoms with E-state index < -0.39 is 0 Å². The molecule has 0 aliphatic carbocycles. The van der Waals surface area contributed by atoms with Crippen molar-refractivity contribution in [2.24, 2.45) is 5.92 Å². The van der Waals surface area contributed by atoms with Crippen molar-refractivity contribution in [3.05, 3.63) is 34.7 Å². The molecule has 0 bridgehead atoms. The average molecular weight is 291 g/mol. The zero-order valence-electron chi connectivity index (χ0n) is 12.9. The summed E-state index contributed by atoms with van der Waals surface area (Å²) in [7, 11) is 2.00. The average Bonchev–Trinajstić information content (AvgIpc) is 2.73. The Morgan fingerprint density at radius 2 is 1.95 bits per heavy atom. The van der Waals surface area contributed by atoms with Gasteiger partial charge in [-0.3, -0.25) is 0 Å². The number of hydrogen-bond acceptors (Lipinski definition) is 3. The van der Waals surface area contributed by atoms with E-state index in [9.17, 15) is 0 Å². The van der Waals surface area contributed by atoms with Crippen LogP contribution in [0.3, 0.4) is 0 Å². The van der Waals surface area contributed by atoms with Gasteiger partial charge < -0.3 is 10.1 Å². The van der Waals surface area contributed by atoms with Gasteiger partial charge in [0.25, 0.3) is 0 Å². The molecule has 1 unspecified atom stereocenters. The van der Waals surface area contributed by atoms with Crippen molar-refractivity contribution in [3.8, 4) is 0 Å². The molecule has 0 amide bonds. The van der Waals surface area contributed by atoms with Crippen LogP contribution in [0.5, 0.6) is 0 Å². The number of thiophene rings is 1. The van der Waals surface area contributed by atoms with Gasteiger partial charge >= 0.3 is 0 Å². The summed E-state index contributed by atoms with van der Waals surface area (Å²) < 4.78 is 7.43. The van der Waals surface area contributed by atoms with Gasteiger partial charge in [0.05, 0.1) is 12.7 Å². The molecule has 0 radical (unpaired) electrons. The first-order valence-corrected chi connectivity index (χ1v) is 8.19. The fraction of sp³-hybridized carbons (Fsp3) is 0.529. The molecule has 3 heteroatoms. The first-order valence-electron chi connectivity index (χ1n) is 7.37. The summed E-state index contributed by atoms with van der Waals surface area (Å²) in [5.41, 5.74) is 1.36. The summed E-state index contributed by atoms with van der Waals surface area (Å²) in [6.45, 7) is 8.29. The third-order valence-electron chi connectivity index (χ3n) is 3.43. The summed E-state index contributed by atoms with van der Waals surface area (Å²) in [5, 5.41) is 4.61. The normalized spacial score (nSPS) is 13.2. The number of rotatable bonds is 7. The van der Waals surface area contributed by atoms with Crippen molar-refractivity contribution in [3.63, 3.8) is 0 Å². The summed E-state index contributed by atoms with van der Waals surface area (Å²) in [4.78, 5) is 1.39. The molecule has 20 heavy (non-hydrogen) atoms. The second-order valence-corrected chi connectivity index (χ2v) is 6.92. The van der Waals surface area contributed by atoms with Crippen molar-refractivity contribution in [2.75, 3.05) is 7.05 Å². The Kier molecular flexibility index (Phi) is 5.58. The van der Waals surface area contributed by atoms with Crippen LogP contribution in [0.1, 0.15) is 37.6 Å². The van der Waals surface area contributed by atoms with Crippen LogP contribution in [0.2, 0.25) is 0 Å². The summed E-state index contributed by atoms with van der Waals surface area (Å²) >= 11 is 1.87. The van der Waals surface area contributed by atoms with Crippen molar-refractivity contribution in [1.82, 2.24) is 5.32 Å². The van der Waals surface area contributed by atoms with E-state index in [0.717, 1.165) is 19.6 Å². The Bertz CT molecular complexity index is 547. The van der Waals surface area contributed by atoms with Gasteiger partial charge in [-0.2, -0.15) is 0 Å². The Labute approximate surface area is 126 Å². The maximum atomic E-state index is 6.07. The van der Waals surface area contributed by atoms with Crippen LogP contribution in [0, 0.1) is 5.92 Å². The Hall–Kier alpha value is -0.900. The van der Waals surface area contributed by atoms with E-state index in [1.54, 1.807) is 0 Å². The quantitative estimate of drug-likeness (QED) is 0.806. The molecule has 1 aromatic carbocycles. The van der Waals surface area contributed by atoms with Gasteiger partial charge in [-0.05, 0) is 37.8 Å². The molecule has 0 aliphatic heterocycles. The molecular weight excluding hydrogens is 266 g/mol. The minimum Gasteiger partial charge on any atom is -0.374 e. The van der Waals surface area contributed by atoms with Gasteiger partial charge in [0.1, 0.15) is 0 Å². The lowest BCUT2D eigenvalue weighted by atomic mass is 10.1. The molecule has 2 rings (SSSR count). The van der Waals surface area contributed by atoms with Crippen LogP contribution in [0.15, 0.2) is 24.3 Å². The first-order chi connectivity index (χ1) is 9.61. The van der Waals surface area contributed by atoms with E-state index in [1.807, 2.05) is 18.4 Å². The minimum absolute atomic E-state index is 0.316. The van der Waals surface area contributed by atoms with Crippen LogP contribution in [0.4, 0.5) is 0 Å². The summed E-state index contributed by atoms with van der Waals surface area (Å²) in [6, 6.07) is 8.62. The molecule has 2 nitrogen and oxygen atoms in total. The molecule has 1 N–H and O–H groups in total. The van der Waals surface area contributed by atoms with E-state index in [-0.39, 0.29) is 0 Å². The van der Waals surface area contributed by atoms with Crippen LogP contribution >= 0.6 is 11.3 Å². The fourth-order valence-electron chi connectivity index (χ4n) is 2.57. The lowest BCUT2D eigenvalue weighted by Crippen LogP contribution is -2.12. The highest BCUT2D eigenvalue weighted by Crippen LogP contribution is 2.32. The Morgan fingerprint density at radius 3 is 2.65 bits per heavy atom. The molecule has 2 aromatic rings. The van der Waals surface area contributed by atoms with Gasteiger partial charge in [0.2, 0.25) is 0 Å². The molecule has 0 fully saturated rings. The number of nitrogens with one attached hydrogen (secondary N) is 1. The van der Waals surface area contributed by atoms with E-state index in [2.05, 4.69) is 50.4 Å². The van der Waals surface area contributed by atoms with E-state index in [1.165, 1.54) is 20.5 Å². The van der Waals surface area contributed by atoms with Gasteiger partial charge in [0.15, 0.2) is 0 Å². The molecule has 0 saturated heterocycles. The van der Waals surface area contributed by atoms with Gasteiger partial charge in [0, 0.05) is 21.7 Å². The first kappa shape index (κ1) is 15.5. The van der Waals surface area contributed by atoms with E-state index in [4.69, 9.17) is 4.74 Å². The van der Waals surface area contributed by atoms with E-state index >= 15 is 0 Å². The molecule has 110 valence electrons. The highest BCUT2D eigenvalue weighted by atomic mass is 32.1. The number of ether oxygens (including phenoxy) is 1. The van der Waals surface area contributed by atoms with Crippen LogP contribution in [-0.2, 0) is 17.9 Å². The zero-order valence-corrected chi connectivity index (χ0v) is 13.7. The number of fused-ring (bicyclic) bond motifs is 1. The maximum absolute atomic E-state index is 6.07. The summed E-state index contributed by atoms with van der Waals surface area (Å²) in [5.74, 6) is 0.681. The van der Waals surface area contributed by atoms with Crippen molar-refractivity contribution >= 4 is 21.4 Å². The highest BCUT2D eigenvalue weighted by molar-refractivity contribution is 7.19. The Morgan fingerprint density at radius 1 is 1.20 bits per heavy atom. The topological polar surface area (TPSA) is 21.3 Å². The molecule has 0 aliphatic rings. The van der Waals surface area contributed by atoms with Gasteiger partial charge in [-0.1, -0.05) is 32.0 Å². The Balaban J connectivity index is 2.16. The predicted octanol–water partition coefficient (Wildman–Crippen LogP) is 4.57. The second-order valence-electron chi connectivity index (χ2n) is 5.78. The molecule has 0 saturated carbocycles. The minimum atomic E-state index is 0.316. The molecule has 1 atom stereocenters. The summed E-state index contributed by atoms with van der Waals surface area (Å²) in [6.07, 6.45) is 1.43. The van der Waals surface area contributed by atoms with Crippen molar-refractivity contribution < 1.29 is 4.74 Å². The van der Waals surface area contributed by atoms with Gasteiger partial charge in [-0.25, -0.2) is 0 Å². The molecule has 0 spiro atoms. The second kappa shape index (κ2) is 7.21. The highest BCUT2D eigenvalue weighted by Gasteiger charge is 2.13. The largest absolute Gasteiger partial charge is 0.374 e.